The van der Waals surface area contributed by atoms with Gasteiger partial charge in [-0.15, -0.1) is 0 Å². The van der Waals surface area contributed by atoms with Crippen molar-refractivity contribution in [2.75, 3.05) is 0 Å². The predicted molar refractivity (Wildman–Crippen MR) is 93.4 cm³/mol. The normalized spacial score (nSPS) is 12.6. The van der Waals surface area contributed by atoms with Crippen LogP contribution in [0.3, 0.4) is 0 Å². The average molecular weight is 369 g/mol. The quantitative estimate of drug-likeness (QED) is 0.369. The first kappa shape index (κ1) is 14.1. The van der Waals surface area contributed by atoms with Gasteiger partial charge < -0.3 is 0 Å². The predicted octanol–water partition coefficient (Wildman–Crippen LogP) is 2.61. The molecule has 4 rings (SSSR count). The molecule has 0 saturated heterocycles. The number of pyridine rings is 1. The third kappa shape index (κ3) is 2.40. The number of fused-ring (bicyclic) bond motifs is 2. The van der Waals surface area contributed by atoms with Gasteiger partial charge >= 0.3 is 142 Å². The summed E-state index contributed by atoms with van der Waals surface area (Å²) in [6.45, 7) is 2.22. The standard InChI is InChI=1S/C19H16NSSe/c1-13-11-17-19(22-18-9-4-3-8-16(18)21-17)12-14(13)15-7-5-6-10-20(15)2/h3-12H,1-2H3/q+1. The second kappa shape index (κ2) is 5.58. The van der Waals surface area contributed by atoms with Crippen molar-refractivity contribution in [2.24, 2.45) is 7.05 Å². The van der Waals surface area contributed by atoms with E-state index in [1.54, 1.807) is 0 Å². The molecule has 1 aromatic heterocycles. The number of hydrogen-bond donors (Lipinski definition) is 0. The van der Waals surface area contributed by atoms with E-state index in [0.29, 0.717) is 15.0 Å². The number of hydrogen-bond acceptors (Lipinski definition) is 1. The molecule has 0 amide bonds. The van der Waals surface area contributed by atoms with Crippen LogP contribution in [0.4, 0.5) is 0 Å². The molecule has 22 heavy (non-hydrogen) atoms. The molecule has 0 bridgehead atoms. The zero-order chi connectivity index (χ0) is 15.1. The van der Waals surface area contributed by atoms with Crippen molar-refractivity contribution < 1.29 is 4.57 Å². The zero-order valence-electron chi connectivity index (χ0n) is 12.5. The Hall–Kier alpha value is -1.54. The van der Waals surface area contributed by atoms with E-state index in [9.17, 15) is 0 Å². The fourth-order valence-corrected chi connectivity index (χ4v) is 6.52. The molecule has 1 nitrogen and oxygen atoms in total. The summed E-state index contributed by atoms with van der Waals surface area (Å²) in [4.78, 5) is 2.85. The van der Waals surface area contributed by atoms with Gasteiger partial charge in [-0.05, 0) is 0 Å². The summed E-state index contributed by atoms with van der Waals surface area (Å²) in [7, 11) is 2.11. The van der Waals surface area contributed by atoms with Gasteiger partial charge in [0.2, 0.25) is 0 Å². The van der Waals surface area contributed by atoms with E-state index in [4.69, 9.17) is 0 Å². The van der Waals surface area contributed by atoms with E-state index < -0.39 is 0 Å². The first-order valence-corrected chi connectivity index (χ1v) is 9.80. The molecule has 0 N–H and O–H groups in total. The van der Waals surface area contributed by atoms with Crippen molar-refractivity contribution in [2.45, 2.75) is 16.7 Å². The molecule has 0 fully saturated rings. The fourth-order valence-electron chi connectivity index (χ4n) is 2.76. The van der Waals surface area contributed by atoms with Gasteiger partial charge in [-0.1, -0.05) is 0 Å². The molecule has 0 aliphatic carbocycles. The number of aryl methyl sites for hydroxylation is 2. The molecule has 0 spiro atoms. The summed E-state index contributed by atoms with van der Waals surface area (Å²) in [6, 6.07) is 20.0. The van der Waals surface area contributed by atoms with Gasteiger partial charge in [-0.2, -0.15) is 0 Å². The molecule has 2 heterocycles. The van der Waals surface area contributed by atoms with E-state index in [1.165, 1.54) is 35.5 Å². The van der Waals surface area contributed by atoms with Gasteiger partial charge in [0.15, 0.2) is 0 Å². The second-order valence-corrected chi connectivity index (χ2v) is 8.82. The van der Waals surface area contributed by atoms with Crippen molar-refractivity contribution in [1.29, 1.82) is 0 Å². The van der Waals surface area contributed by atoms with Crippen LogP contribution < -0.4 is 13.5 Å². The van der Waals surface area contributed by atoms with Gasteiger partial charge in [0.1, 0.15) is 0 Å². The maximum absolute atomic E-state index is 2.41. The van der Waals surface area contributed by atoms with Crippen molar-refractivity contribution in [3.8, 4) is 11.3 Å². The van der Waals surface area contributed by atoms with Crippen LogP contribution in [0.2, 0.25) is 0 Å². The summed E-state index contributed by atoms with van der Waals surface area (Å²) in [5, 5.41) is 0. The van der Waals surface area contributed by atoms with Crippen LogP contribution in [-0.2, 0) is 7.05 Å². The van der Waals surface area contributed by atoms with Crippen LogP contribution >= 0.6 is 11.8 Å². The van der Waals surface area contributed by atoms with E-state index in [-0.39, 0.29) is 0 Å². The summed E-state index contributed by atoms with van der Waals surface area (Å²) in [6.07, 6.45) is 2.11. The van der Waals surface area contributed by atoms with Crippen LogP contribution in [0.1, 0.15) is 5.56 Å². The Bertz CT molecular complexity index is 873. The molecule has 1 aliphatic heterocycles. The third-order valence-electron chi connectivity index (χ3n) is 3.91. The van der Waals surface area contributed by atoms with Gasteiger partial charge in [-0.3, -0.25) is 0 Å². The summed E-state index contributed by atoms with van der Waals surface area (Å²) >= 11 is 2.31. The first-order valence-electron chi connectivity index (χ1n) is 7.27. The van der Waals surface area contributed by atoms with Crippen LogP contribution in [-0.4, -0.2) is 15.0 Å². The molecule has 3 heteroatoms. The van der Waals surface area contributed by atoms with Crippen molar-refractivity contribution in [3.63, 3.8) is 0 Å². The molecule has 0 unspecified atom stereocenters. The van der Waals surface area contributed by atoms with Crippen molar-refractivity contribution in [3.05, 3.63) is 66.4 Å². The van der Waals surface area contributed by atoms with Gasteiger partial charge in [0, 0.05) is 0 Å². The summed E-state index contributed by atoms with van der Waals surface area (Å²) < 4.78 is 5.20. The van der Waals surface area contributed by atoms with Gasteiger partial charge in [0.05, 0.1) is 0 Å². The molecule has 2 aromatic carbocycles. The third-order valence-corrected chi connectivity index (χ3v) is 8.01. The Balaban J connectivity index is 1.84. The van der Waals surface area contributed by atoms with Crippen LogP contribution in [0.25, 0.3) is 11.3 Å². The summed E-state index contributed by atoms with van der Waals surface area (Å²) in [5.41, 5.74) is 3.98. The molecule has 3 aromatic rings. The van der Waals surface area contributed by atoms with Gasteiger partial charge in [0.25, 0.3) is 0 Å². The van der Waals surface area contributed by atoms with Crippen molar-refractivity contribution >= 4 is 35.6 Å². The number of rotatable bonds is 1. The molecule has 108 valence electrons. The molecule has 1 aliphatic rings. The van der Waals surface area contributed by atoms with E-state index in [0.717, 1.165) is 0 Å². The Morgan fingerprint density at radius 1 is 0.909 bits per heavy atom. The van der Waals surface area contributed by atoms with E-state index in [1.807, 2.05) is 11.8 Å². The van der Waals surface area contributed by atoms with Crippen LogP contribution in [0, 0.1) is 6.92 Å². The number of benzene rings is 2. The Labute approximate surface area is 141 Å². The Morgan fingerprint density at radius 2 is 1.73 bits per heavy atom. The maximum atomic E-state index is 2.41. The van der Waals surface area contributed by atoms with Gasteiger partial charge in [-0.25, -0.2) is 0 Å². The number of nitrogens with zero attached hydrogens (tertiary/aromatic N) is 1. The minimum atomic E-state index is 0.396. The SMILES string of the molecule is Cc1cc2c(cc1-c1cccc[n+]1C)[Se]c1ccccc1S2. The topological polar surface area (TPSA) is 3.88 Å². The minimum absolute atomic E-state index is 0.396. The molecule has 0 atom stereocenters. The first-order chi connectivity index (χ1) is 10.7. The summed E-state index contributed by atoms with van der Waals surface area (Å²) in [5.74, 6) is 0. The Kier molecular flexibility index (Phi) is 3.57. The van der Waals surface area contributed by atoms with E-state index >= 15 is 0 Å². The molecule has 0 saturated carbocycles. The van der Waals surface area contributed by atoms with Crippen LogP contribution in [0.15, 0.2) is 70.6 Å². The monoisotopic (exact) mass is 370 g/mol. The average Bonchev–Trinajstić information content (AvgIpc) is 2.53. The molecular weight excluding hydrogens is 353 g/mol. The second-order valence-electron chi connectivity index (χ2n) is 5.46. The van der Waals surface area contributed by atoms with Crippen molar-refractivity contribution in [1.82, 2.24) is 0 Å². The fraction of sp³-hybridized carbons (Fsp3) is 0.105. The molecular formula is C19H16NSSe+. The zero-order valence-corrected chi connectivity index (χ0v) is 15.1. The Morgan fingerprint density at radius 3 is 2.59 bits per heavy atom. The van der Waals surface area contributed by atoms with E-state index in [2.05, 4.69) is 79.3 Å². The van der Waals surface area contributed by atoms with Crippen LogP contribution in [0.5, 0.6) is 0 Å². The number of aromatic nitrogens is 1. The molecule has 0 radical (unpaired) electrons.